The quantitative estimate of drug-likeness (QED) is 0.869. The maximum absolute atomic E-state index is 13.2. The van der Waals surface area contributed by atoms with E-state index in [0.717, 1.165) is 16.7 Å². The molecule has 102 valence electrons. The maximum atomic E-state index is 13.2. The van der Waals surface area contributed by atoms with Crippen molar-refractivity contribution in [2.75, 3.05) is 6.61 Å². The van der Waals surface area contributed by atoms with Gasteiger partial charge in [0.25, 0.3) is 0 Å². The lowest BCUT2D eigenvalue weighted by Crippen LogP contribution is -1.98. The fourth-order valence-electron chi connectivity index (χ4n) is 1.73. The third kappa shape index (κ3) is 3.84. The lowest BCUT2D eigenvalue weighted by atomic mass is 10.1. The first-order valence-corrected chi connectivity index (χ1v) is 6.26. The maximum Gasteiger partial charge on any atom is 0.123 e. The topological polar surface area (TPSA) is 29.5 Å². The second kappa shape index (κ2) is 6.74. The van der Waals surface area contributed by atoms with Gasteiger partial charge in [-0.05, 0) is 54.4 Å². The minimum absolute atomic E-state index is 0.156. The highest BCUT2D eigenvalue weighted by molar-refractivity contribution is 5.38. The number of hydrogen-bond acceptors (Lipinski definition) is 2. The van der Waals surface area contributed by atoms with Gasteiger partial charge in [-0.2, -0.15) is 0 Å². The highest BCUT2D eigenvalue weighted by Crippen LogP contribution is 2.16. The van der Waals surface area contributed by atoms with E-state index in [1.807, 2.05) is 19.1 Å². The molecular weight excluding hydrogens is 255 g/mol. The van der Waals surface area contributed by atoms with E-state index in [0.29, 0.717) is 12.4 Å². The summed E-state index contributed by atoms with van der Waals surface area (Å²) in [6.45, 7) is 2.09. The second-order valence-corrected chi connectivity index (χ2v) is 4.34. The van der Waals surface area contributed by atoms with E-state index in [4.69, 9.17) is 9.84 Å². The average Bonchev–Trinajstić information content (AvgIpc) is 2.47. The van der Waals surface area contributed by atoms with Gasteiger partial charge in [0.15, 0.2) is 0 Å². The summed E-state index contributed by atoms with van der Waals surface area (Å²) in [4.78, 5) is 0. The van der Waals surface area contributed by atoms with E-state index in [1.165, 1.54) is 12.1 Å². The zero-order valence-electron chi connectivity index (χ0n) is 11.2. The standard InChI is InChI=1S/C17H15FO2/c1-13-4-7-16(18)11-15(13)12-20-17-8-5-14(6-9-17)3-2-10-19/h4-9,11,19H,10,12H2,1H3. The fourth-order valence-corrected chi connectivity index (χ4v) is 1.73. The first-order valence-electron chi connectivity index (χ1n) is 6.26. The summed E-state index contributed by atoms with van der Waals surface area (Å²) in [5.41, 5.74) is 2.64. The Labute approximate surface area is 117 Å². The SMILES string of the molecule is Cc1ccc(F)cc1COc1ccc(C#CCO)cc1. The van der Waals surface area contributed by atoms with Crippen LogP contribution in [0.25, 0.3) is 0 Å². The van der Waals surface area contributed by atoms with Crippen LogP contribution in [0.4, 0.5) is 4.39 Å². The molecule has 0 saturated carbocycles. The first kappa shape index (κ1) is 14.1. The van der Waals surface area contributed by atoms with Gasteiger partial charge in [0.2, 0.25) is 0 Å². The predicted molar refractivity (Wildman–Crippen MR) is 75.9 cm³/mol. The Morgan fingerprint density at radius 2 is 1.90 bits per heavy atom. The third-order valence-corrected chi connectivity index (χ3v) is 2.87. The van der Waals surface area contributed by atoms with Gasteiger partial charge >= 0.3 is 0 Å². The summed E-state index contributed by atoms with van der Waals surface area (Å²) in [6, 6.07) is 11.9. The van der Waals surface area contributed by atoms with Gasteiger partial charge in [-0.15, -0.1) is 0 Å². The van der Waals surface area contributed by atoms with Crippen molar-refractivity contribution in [1.82, 2.24) is 0 Å². The Morgan fingerprint density at radius 1 is 1.15 bits per heavy atom. The molecule has 0 amide bonds. The van der Waals surface area contributed by atoms with Crippen LogP contribution in [0.1, 0.15) is 16.7 Å². The Bertz CT molecular complexity index is 636. The molecule has 0 aliphatic rings. The minimum Gasteiger partial charge on any atom is -0.489 e. The lowest BCUT2D eigenvalue weighted by molar-refractivity contribution is 0.304. The number of halogens is 1. The van der Waals surface area contributed by atoms with E-state index in [1.54, 1.807) is 18.2 Å². The van der Waals surface area contributed by atoms with Crippen molar-refractivity contribution in [3.8, 4) is 17.6 Å². The molecular formula is C17H15FO2. The summed E-state index contributed by atoms with van der Waals surface area (Å²) in [7, 11) is 0. The number of aliphatic hydroxyl groups excluding tert-OH is 1. The highest BCUT2D eigenvalue weighted by Gasteiger charge is 2.02. The Balaban J connectivity index is 2.02. The molecule has 20 heavy (non-hydrogen) atoms. The predicted octanol–water partition coefficient (Wildman–Crippen LogP) is 3.06. The summed E-state index contributed by atoms with van der Waals surface area (Å²) >= 11 is 0. The average molecular weight is 270 g/mol. The molecule has 2 aromatic rings. The molecule has 0 atom stereocenters. The number of rotatable bonds is 3. The summed E-state index contributed by atoms with van der Waals surface area (Å²) in [5.74, 6) is 5.82. The number of hydrogen-bond donors (Lipinski definition) is 1. The molecule has 2 nitrogen and oxygen atoms in total. The molecule has 1 N–H and O–H groups in total. The van der Waals surface area contributed by atoms with Crippen LogP contribution < -0.4 is 4.74 Å². The molecule has 0 aromatic heterocycles. The number of aliphatic hydroxyl groups is 1. The monoisotopic (exact) mass is 270 g/mol. The van der Waals surface area contributed by atoms with E-state index in [-0.39, 0.29) is 12.4 Å². The first-order chi connectivity index (χ1) is 9.69. The Kier molecular flexibility index (Phi) is 4.75. The van der Waals surface area contributed by atoms with E-state index in [2.05, 4.69) is 11.8 Å². The highest BCUT2D eigenvalue weighted by atomic mass is 19.1. The van der Waals surface area contributed by atoms with Gasteiger partial charge in [0.1, 0.15) is 24.8 Å². The normalized spacial score (nSPS) is 9.75. The lowest BCUT2D eigenvalue weighted by Gasteiger charge is -2.09. The van der Waals surface area contributed by atoms with Crippen molar-refractivity contribution >= 4 is 0 Å². The van der Waals surface area contributed by atoms with Crippen molar-refractivity contribution in [3.05, 3.63) is 65.0 Å². The third-order valence-electron chi connectivity index (χ3n) is 2.87. The van der Waals surface area contributed by atoms with Crippen LogP contribution in [-0.4, -0.2) is 11.7 Å². The zero-order valence-corrected chi connectivity index (χ0v) is 11.2. The van der Waals surface area contributed by atoms with E-state index in [9.17, 15) is 4.39 Å². The molecule has 2 rings (SSSR count). The van der Waals surface area contributed by atoms with Crippen LogP contribution in [-0.2, 0) is 6.61 Å². The number of ether oxygens (including phenoxy) is 1. The van der Waals surface area contributed by atoms with Crippen molar-refractivity contribution in [2.24, 2.45) is 0 Å². The van der Waals surface area contributed by atoms with Gasteiger partial charge in [0, 0.05) is 5.56 Å². The summed E-state index contributed by atoms with van der Waals surface area (Å²) < 4.78 is 18.8. The van der Waals surface area contributed by atoms with Crippen molar-refractivity contribution in [3.63, 3.8) is 0 Å². The van der Waals surface area contributed by atoms with Crippen LogP contribution in [0.3, 0.4) is 0 Å². The van der Waals surface area contributed by atoms with Gasteiger partial charge < -0.3 is 9.84 Å². The van der Waals surface area contributed by atoms with E-state index < -0.39 is 0 Å². The summed E-state index contributed by atoms with van der Waals surface area (Å²) in [5, 5.41) is 8.61. The van der Waals surface area contributed by atoms with Crippen molar-refractivity contribution < 1.29 is 14.2 Å². The molecule has 0 unspecified atom stereocenters. The van der Waals surface area contributed by atoms with Crippen LogP contribution in [0.5, 0.6) is 5.75 Å². The van der Waals surface area contributed by atoms with Gasteiger partial charge in [-0.3, -0.25) is 0 Å². The molecule has 0 saturated heterocycles. The number of benzene rings is 2. The van der Waals surface area contributed by atoms with Crippen LogP contribution in [0, 0.1) is 24.6 Å². The molecule has 0 bridgehead atoms. The van der Waals surface area contributed by atoms with Crippen molar-refractivity contribution in [2.45, 2.75) is 13.5 Å². The molecule has 0 aliphatic heterocycles. The molecule has 0 spiro atoms. The zero-order chi connectivity index (χ0) is 14.4. The van der Waals surface area contributed by atoms with Gasteiger partial charge in [-0.25, -0.2) is 4.39 Å². The Hall–Kier alpha value is -2.31. The van der Waals surface area contributed by atoms with Crippen LogP contribution >= 0.6 is 0 Å². The molecule has 0 heterocycles. The Morgan fingerprint density at radius 3 is 2.60 bits per heavy atom. The largest absolute Gasteiger partial charge is 0.489 e. The fraction of sp³-hybridized carbons (Fsp3) is 0.176. The van der Waals surface area contributed by atoms with Crippen LogP contribution in [0.15, 0.2) is 42.5 Å². The van der Waals surface area contributed by atoms with Crippen LogP contribution in [0.2, 0.25) is 0 Å². The molecule has 2 aromatic carbocycles. The molecule has 0 fully saturated rings. The van der Waals surface area contributed by atoms with Gasteiger partial charge in [0.05, 0.1) is 0 Å². The summed E-state index contributed by atoms with van der Waals surface area (Å²) in [6.07, 6.45) is 0. The second-order valence-electron chi connectivity index (χ2n) is 4.34. The smallest absolute Gasteiger partial charge is 0.123 e. The van der Waals surface area contributed by atoms with E-state index >= 15 is 0 Å². The molecule has 0 radical (unpaired) electrons. The minimum atomic E-state index is -0.260. The molecule has 0 aliphatic carbocycles. The van der Waals surface area contributed by atoms with Crippen molar-refractivity contribution in [1.29, 1.82) is 0 Å². The molecule has 3 heteroatoms. The van der Waals surface area contributed by atoms with Gasteiger partial charge in [-0.1, -0.05) is 17.9 Å². The number of aryl methyl sites for hydroxylation is 1.